The zero-order valence-electron chi connectivity index (χ0n) is 17.2. The van der Waals surface area contributed by atoms with Crippen molar-refractivity contribution in [3.05, 3.63) is 82.3 Å². The van der Waals surface area contributed by atoms with E-state index in [4.69, 9.17) is 12.2 Å². The van der Waals surface area contributed by atoms with E-state index in [-0.39, 0.29) is 27.5 Å². The summed E-state index contributed by atoms with van der Waals surface area (Å²) >= 11 is 6.84. The summed E-state index contributed by atoms with van der Waals surface area (Å²) < 4.78 is 40.9. The van der Waals surface area contributed by atoms with Gasteiger partial charge in [0.2, 0.25) is 5.76 Å². The molecule has 0 aliphatic carbocycles. The topological polar surface area (TPSA) is 36.1 Å². The van der Waals surface area contributed by atoms with Gasteiger partial charge in [0.25, 0.3) is 5.70 Å². The van der Waals surface area contributed by atoms with E-state index >= 15 is 0 Å². The first-order valence-corrected chi connectivity index (χ1v) is 10.7. The number of pyridine rings is 1. The lowest BCUT2D eigenvalue weighted by Crippen LogP contribution is -2.38. The van der Waals surface area contributed by atoms with Crippen LogP contribution in [0.15, 0.2) is 66.3 Å². The SMILES string of the molecule is CC(C)(C)c1cc[n+](/C(C(=S)Nc2cccc(C(F)(F)F)c2)=C(\O)c2cccs2)cc1. The normalized spacial score (nSPS) is 13.0. The Bertz CT molecular complexity index is 1100. The van der Waals surface area contributed by atoms with Gasteiger partial charge in [-0.1, -0.05) is 45.1 Å². The molecule has 162 valence electrons. The van der Waals surface area contributed by atoms with E-state index in [0.717, 1.165) is 17.7 Å². The van der Waals surface area contributed by atoms with Crippen LogP contribution in [-0.4, -0.2) is 10.1 Å². The molecule has 3 nitrogen and oxygen atoms in total. The van der Waals surface area contributed by atoms with Crippen molar-refractivity contribution in [2.75, 3.05) is 5.32 Å². The van der Waals surface area contributed by atoms with E-state index in [9.17, 15) is 18.3 Å². The lowest BCUT2D eigenvalue weighted by molar-refractivity contribution is -0.575. The second-order valence-electron chi connectivity index (χ2n) is 7.95. The summed E-state index contributed by atoms with van der Waals surface area (Å²) in [5, 5.41) is 15.6. The number of hydrogen-bond acceptors (Lipinski definition) is 3. The van der Waals surface area contributed by atoms with Gasteiger partial charge in [0, 0.05) is 17.8 Å². The van der Waals surface area contributed by atoms with Crippen LogP contribution >= 0.6 is 23.6 Å². The van der Waals surface area contributed by atoms with Crippen LogP contribution in [-0.2, 0) is 11.6 Å². The van der Waals surface area contributed by atoms with Crippen molar-refractivity contribution in [1.29, 1.82) is 0 Å². The molecule has 0 unspecified atom stereocenters. The van der Waals surface area contributed by atoms with Crippen molar-refractivity contribution in [2.24, 2.45) is 0 Å². The molecule has 2 N–H and O–H groups in total. The van der Waals surface area contributed by atoms with Crippen molar-refractivity contribution in [3.8, 4) is 0 Å². The van der Waals surface area contributed by atoms with Gasteiger partial charge in [-0.15, -0.1) is 11.3 Å². The molecule has 2 aromatic heterocycles. The molecule has 0 amide bonds. The van der Waals surface area contributed by atoms with Crippen LogP contribution in [0.4, 0.5) is 18.9 Å². The number of benzene rings is 1. The highest BCUT2D eigenvalue weighted by Crippen LogP contribution is 2.31. The quantitative estimate of drug-likeness (QED) is 0.196. The Morgan fingerprint density at radius 2 is 1.68 bits per heavy atom. The first-order chi connectivity index (χ1) is 14.5. The summed E-state index contributed by atoms with van der Waals surface area (Å²) in [6.45, 7) is 6.27. The van der Waals surface area contributed by atoms with E-state index in [1.165, 1.54) is 23.5 Å². The van der Waals surface area contributed by atoms with Crippen LogP contribution in [0.5, 0.6) is 0 Å². The molecule has 0 atom stereocenters. The highest BCUT2D eigenvalue weighted by atomic mass is 32.1. The van der Waals surface area contributed by atoms with Crippen LogP contribution in [0.25, 0.3) is 11.5 Å². The summed E-state index contributed by atoms with van der Waals surface area (Å²) in [6, 6.07) is 12.2. The number of thiocarbonyl (C=S) groups is 1. The average Bonchev–Trinajstić information content (AvgIpc) is 3.22. The Hall–Kier alpha value is -2.71. The highest BCUT2D eigenvalue weighted by Gasteiger charge is 2.31. The zero-order valence-corrected chi connectivity index (χ0v) is 18.8. The molecule has 3 aromatic rings. The lowest BCUT2D eigenvalue weighted by atomic mass is 9.88. The predicted octanol–water partition coefficient (Wildman–Crippen LogP) is 6.68. The molecule has 0 saturated carbocycles. The fraction of sp³-hybridized carbons (Fsp3) is 0.217. The molecule has 8 heteroatoms. The average molecular weight is 464 g/mol. The first kappa shape index (κ1) is 23.0. The van der Waals surface area contributed by atoms with E-state index in [2.05, 4.69) is 26.1 Å². The third kappa shape index (κ3) is 5.51. The molecule has 2 heterocycles. The fourth-order valence-corrected chi connectivity index (χ4v) is 3.91. The number of nitrogens with zero attached hydrogens (tertiary/aromatic N) is 1. The minimum Gasteiger partial charge on any atom is -0.501 e. The third-order valence-corrected chi connectivity index (χ3v) is 5.77. The van der Waals surface area contributed by atoms with Gasteiger partial charge in [0.15, 0.2) is 17.4 Å². The summed E-state index contributed by atoms with van der Waals surface area (Å²) in [7, 11) is 0. The van der Waals surface area contributed by atoms with Crippen LogP contribution in [0.1, 0.15) is 36.8 Å². The maximum absolute atomic E-state index is 13.1. The molecule has 0 aliphatic heterocycles. The lowest BCUT2D eigenvalue weighted by Gasteiger charge is -2.18. The second-order valence-corrected chi connectivity index (χ2v) is 9.31. The minimum absolute atomic E-state index is 0.0600. The molecule has 0 saturated heterocycles. The molecule has 3 rings (SSSR count). The first-order valence-electron chi connectivity index (χ1n) is 9.45. The van der Waals surface area contributed by atoms with E-state index in [1.54, 1.807) is 29.1 Å². The molecule has 0 radical (unpaired) electrons. The Labute approximate surface area is 188 Å². The van der Waals surface area contributed by atoms with Gasteiger partial charge in [-0.3, -0.25) is 0 Å². The van der Waals surface area contributed by atoms with E-state index in [0.29, 0.717) is 4.88 Å². The van der Waals surface area contributed by atoms with Crippen molar-refractivity contribution in [2.45, 2.75) is 32.4 Å². The van der Waals surface area contributed by atoms with Gasteiger partial charge in [0.05, 0.1) is 10.4 Å². The zero-order chi connectivity index (χ0) is 22.8. The summed E-state index contributed by atoms with van der Waals surface area (Å²) in [4.78, 5) is 0.689. The number of nitrogens with one attached hydrogen (secondary N) is 1. The van der Waals surface area contributed by atoms with Gasteiger partial charge in [-0.05, 0) is 40.6 Å². The Morgan fingerprint density at radius 1 is 1.00 bits per heavy atom. The summed E-state index contributed by atoms with van der Waals surface area (Å²) in [5.74, 6) is -0.0621. The number of rotatable bonds is 4. The summed E-state index contributed by atoms with van der Waals surface area (Å²) in [5.41, 5.74) is 0.708. The number of anilines is 1. The van der Waals surface area contributed by atoms with Crippen LogP contribution in [0.3, 0.4) is 0 Å². The van der Waals surface area contributed by atoms with Crippen LogP contribution in [0.2, 0.25) is 0 Å². The molecular formula is C23H22F3N2OS2+. The van der Waals surface area contributed by atoms with Gasteiger partial charge >= 0.3 is 6.18 Å². The number of aliphatic hydroxyl groups excluding tert-OH is 1. The standard InChI is InChI=1S/C23H21F3N2OS2/c1-22(2,3)15-9-11-28(12-10-15)19(20(29)18-8-5-13-31-18)21(30)27-17-7-4-6-16(14-17)23(24,25)26/h4-14H,1-3H3,(H-,27,29,30)/p+1. The molecule has 0 spiro atoms. The van der Waals surface area contributed by atoms with Gasteiger partial charge in [-0.25, -0.2) is 0 Å². The largest absolute Gasteiger partial charge is 0.501 e. The highest BCUT2D eigenvalue weighted by molar-refractivity contribution is 7.81. The molecule has 1 aromatic carbocycles. The minimum atomic E-state index is -4.46. The Kier molecular flexibility index (Phi) is 6.52. The van der Waals surface area contributed by atoms with Crippen molar-refractivity contribution in [3.63, 3.8) is 0 Å². The number of halogens is 3. The van der Waals surface area contributed by atoms with Crippen LogP contribution < -0.4 is 9.88 Å². The Balaban J connectivity index is 2.02. The molecule has 31 heavy (non-hydrogen) atoms. The number of hydrogen-bond donors (Lipinski definition) is 2. The molecule has 0 fully saturated rings. The smallest absolute Gasteiger partial charge is 0.416 e. The predicted molar refractivity (Wildman–Crippen MR) is 123 cm³/mol. The molecule has 0 bridgehead atoms. The fourth-order valence-electron chi connectivity index (χ4n) is 2.92. The van der Waals surface area contributed by atoms with E-state index < -0.39 is 11.7 Å². The molecular weight excluding hydrogens is 441 g/mol. The van der Waals surface area contributed by atoms with Gasteiger partial charge < -0.3 is 10.4 Å². The van der Waals surface area contributed by atoms with E-state index in [1.807, 2.05) is 17.5 Å². The van der Waals surface area contributed by atoms with Crippen molar-refractivity contribution in [1.82, 2.24) is 0 Å². The maximum Gasteiger partial charge on any atom is 0.416 e. The number of aromatic nitrogens is 1. The van der Waals surface area contributed by atoms with Gasteiger partial charge in [-0.2, -0.15) is 17.7 Å². The molecule has 0 aliphatic rings. The van der Waals surface area contributed by atoms with Crippen molar-refractivity contribution >= 4 is 45.7 Å². The number of thiophene rings is 1. The van der Waals surface area contributed by atoms with Gasteiger partial charge in [0.1, 0.15) is 0 Å². The monoisotopic (exact) mass is 463 g/mol. The van der Waals surface area contributed by atoms with Crippen molar-refractivity contribution < 1.29 is 22.8 Å². The Morgan fingerprint density at radius 3 is 2.23 bits per heavy atom. The summed E-state index contributed by atoms with van der Waals surface area (Å²) in [6.07, 6.45) is -0.908. The maximum atomic E-state index is 13.1. The number of alkyl halides is 3. The van der Waals surface area contributed by atoms with Crippen LogP contribution in [0, 0.1) is 0 Å². The number of aliphatic hydroxyl groups is 1. The second kappa shape index (κ2) is 8.80. The third-order valence-electron chi connectivity index (χ3n) is 4.60.